The monoisotopic (exact) mass is 310 g/mol. The van der Waals surface area contributed by atoms with E-state index in [1.807, 2.05) is 19.1 Å². The summed E-state index contributed by atoms with van der Waals surface area (Å²) in [5.74, 6) is -0.467. The number of rotatable bonds is 4. The summed E-state index contributed by atoms with van der Waals surface area (Å²) in [5.41, 5.74) is -0.168. The molecule has 23 heavy (non-hydrogen) atoms. The highest BCUT2D eigenvalue weighted by Gasteiger charge is 2.21. The lowest BCUT2D eigenvalue weighted by atomic mass is 10.1. The predicted octanol–water partition coefficient (Wildman–Crippen LogP) is 3.07. The molecular weight excluding hydrogens is 296 g/mol. The molecule has 2 aromatic carbocycles. The van der Waals surface area contributed by atoms with Gasteiger partial charge in [-0.2, -0.15) is 0 Å². The van der Waals surface area contributed by atoms with E-state index in [1.165, 1.54) is 0 Å². The summed E-state index contributed by atoms with van der Waals surface area (Å²) in [6.07, 6.45) is 0. The Labute approximate surface area is 131 Å². The Kier molecular flexibility index (Phi) is 3.85. The molecule has 0 bridgehead atoms. The minimum Gasteiger partial charge on any atom is -0.506 e. The molecule has 3 rings (SSSR count). The topological polar surface area (TPSA) is 76.7 Å². The molecule has 0 aliphatic carbocycles. The first kappa shape index (κ1) is 14.8. The molecule has 5 nitrogen and oxygen atoms in total. The second-order valence-electron chi connectivity index (χ2n) is 5.09. The van der Waals surface area contributed by atoms with Gasteiger partial charge in [0.2, 0.25) is 5.78 Å². The number of hydrogen-bond acceptors (Lipinski definition) is 5. The lowest BCUT2D eigenvalue weighted by Gasteiger charge is -2.09. The van der Waals surface area contributed by atoms with E-state index in [9.17, 15) is 14.7 Å². The van der Waals surface area contributed by atoms with Crippen LogP contribution in [0, 0.1) is 6.92 Å². The van der Waals surface area contributed by atoms with Crippen LogP contribution in [-0.2, 0) is 0 Å². The van der Waals surface area contributed by atoms with Crippen molar-refractivity contribution in [2.75, 3.05) is 6.61 Å². The van der Waals surface area contributed by atoms with E-state index in [-0.39, 0.29) is 17.9 Å². The molecule has 1 N–H and O–H groups in total. The van der Waals surface area contributed by atoms with E-state index in [1.54, 1.807) is 36.4 Å². The lowest BCUT2D eigenvalue weighted by molar-refractivity contribution is 0.0914. The highest BCUT2D eigenvalue weighted by atomic mass is 16.5. The number of ether oxygens (including phenoxy) is 1. The van der Waals surface area contributed by atoms with Crippen molar-refractivity contribution >= 4 is 16.8 Å². The van der Waals surface area contributed by atoms with E-state index in [0.29, 0.717) is 11.1 Å². The van der Waals surface area contributed by atoms with E-state index in [0.717, 1.165) is 5.56 Å². The predicted molar refractivity (Wildman–Crippen MR) is 85.2 cm³/mol. The van der Waals surface area contributed by atoms with Gasteiger partial charge in [0.1, 0.15) is 22.6 Å². The molecule has 0 fully saturated rings. The SMILES string of the molecule is Cc1ccccc1OCC(=O)c1c(O)c2ccccc2oc1=O. The Morgan fingerprint density at radius 1 is 1.13 bits per heavy atom. The summed E-state index contributed by atoms with van der Waals surface area (Å²) in [5, 5.41) is 10.5. The van der Waals surface area contributed by atoms with Gasteiger partial charge in [0.25, 0.3) is 0 Å². The maximum absolute atomic E-state index is 12.3. The summed E-state index contributed by atoms with van der Waals surface area (Å²) < 4.78 is 10.5. The van der Waals surface area contributed by atoms with Crippen LogP contribution in [0.4, 0.5) is 0 Å². The minimum atomic E-state index is -0.875. The van der Waals surface area contributed by atoms with Crippen LogP contribution < -0.4 is 10.4 Å². The van der Waals surface area contributed by atoms with Gasteiger partial charge in [-0.15, -0.1) is 0 Å². The third-order valence-electron chi connectivity index (χ3n) is 3.52. The van der Waals surface area contributed by atoms with Crippen molar-refractivity contribution in [1.82, 2.24) is 0 Å². The third kappa shape index (κ3) is 2.81. The largest absolute Gasteiger partial charge is 0.506 e. The van der Waals surface area contributed by atoms with Crippen LogP contribution in [0.25, 0.3) is 11.0 Å². The van der Waals surface area contributed by atoms with Gasteiger partial charge in [0, 0.05) is 0 Å². The lowest BCUT2D eigenvalue weighted by Crippen LogP contribution is -2.20. The fourth-order valence-electron chi connectivity index (χ4n) is 2.31. The quantitative estimate of drug-likeness (QED) is 0.592. The normalized spacial score (nSPS) is 10.7. The number of benzene rings is 2. The average molecular weight is 310 g/mol. The van der Waals surface area contributed by atoms with Crippen LogP contribution in [0.3, 0.4) is 0 Å². The van der Waals surface area contributed by atoms with Gasteiger partial charge < -0.3 is 14.3 Å². The fourth-order valence-corrected chi connectivity index (χ4v) is 2.31. The van der Waals surface area contributed by atoms with E-state index >= 15 is 0 Å². The molecule has 1 heterocycles. The second kappa shape index (κ2) is 5.96. The molecule has 0 amide bonds. The molecule has 0 aliphatic rings. The Morgan fingerprint density at radius 2 is 1.83 bits per heavy atom. The van der Waals surface area contributed by atoms with Crippen molar-refractivity contribution in [3.05, 3.63) is 70.1 Å². The Morgan fingerprint density at radius 3 is 2.61 bits per heavy atom. The number of aromatic hydroxyl groups is 1. The molecule has 0 unspecified atom stereocenters. The number of para-hydroxylation sites is 2. The molecule has 0 saturated carbocycles. The van der Waals surface area contributed by atoms with E-state index in [4.69, 9.17) is 9.15 Å². The van der Waals surface area contributed by atoms with Crippen LogP contribution in [0.15, 0.2) is 57.7 Å². The van der Waals surface area contributed by atoms with Crippen molar-refractivity contribution in [3.8, 4) is 11.5 Å². The number of carbonyl (C=O) groups is 1. The summed E-state index contributed by atoms with van der Waals surface area (Å²) in [7, 11) is 0. The number of aryl methyl sites for hydroxylation is 1. The standard InChI is InChI=1S/C18H14O5/c1-11-6-2-4-8-14(11)22-10-13(19)16-17(20)12-7-3-5-9-15(12)23-18(16)21/h2-9,20H,10H2,1H3. The van der Waals surface area contributed by atoms with Crippen molar-refractivity contribution in [2.24, 2.45) is 0 Å². The molecule has 1 aromatic heterocycles. The number of ketones is 1. The van der Waals surface area contributed by atoms with Crippen molar-refractivity contribution in [1.29, 1.82) is 0 Å². The van der Waals surface area contributed by atoms with Gasteiger partial charge in [0.15, 0.2) is 6.61 Å². The maximum Gasteiger partial charge on any atom is 0.351 e. The average Bonchev–Trinajstić information content (AvgIpc) is 2.54. The summed E-state index contributed by atoms with van der Waals surface area (Å²) >= 11 is 0. The molecule has 3 aromatic rings. The number of carbonyl (C=O) groups excluding carboxylic acids is 1. The molecule has 0 spiro atoms. The van der Waals surface area contributed by atoms with Gasteiger partial charge in [-0.3, -0.25) is 4.79 Å². The van der Waals surface area contributed by atoms with Gasteiger partial charge in [-0.05, 0) is 30.7 Å². The Bertz CT molecular complexity index is 940. The Hall–Kier alpha value is -3.08. The molecular formula is C18H14O5. The summed E-state index contributed by atoms with van der Waals surface area (Å²) in [4.78, 5) is 24.2. The summed E-state index contributed by atoms with van der Waals surface area (Å²) in [6.45, 7) is 1.49. The van der Waals surface area contributed by atoms with Gasteiger partial charge in [-0.25, -0.2) is 4.79 Å². The highest BCUT2D eigenvalue weighted by Crippen LogP contribution is 2.26. The van der Waals surface area contributed by atoms with Crippen LogP contribution in [-0.4, -0.2) is 17.5 Å². The zero-order chi connectivity index (χ0) is 16.4. The van der Waals surface area contributed by atoms with Crippen LogP contribution in [0.2, 0.25) is 0 Å². The highest BCUT2D eigenvalue weighted by molar-refractivity contribution is 6.03. The third-order valence-corrected chi connectivity index (χ3v) is 3.52. The molecule has 0 radical (unpaired) electrons. The van der Waals surface area contributed by atoms with E-state index in [2.05, 4.69) is 0 Å². The zero-order valence-electron chi connectivity index (χ0n) is 12.4. The van der Waals surface area contributed by atoms with Gasteiger partial charge in [0.05, 0.1) is 5.39 Å². The van der Waals surface area contributed by atoms with Crippen LogP contribution in [0.5, 0.6) is 11.5 Å². The van der Waals surface area contributed by atoms with Crippen LogP contribution in [0.1, 0.15) is 15.9 Å². The van der Waals surface area contributed by atoms with Gasteiger partial charge in [-0.1, -0.05) is 30.3 Å². The first-order valence-electron chi connectivity index (χ1n) is 7.04. The minimum absolute atomic E-state index is 0.228. The molecule has 0 aliphatic heterocycles. The summed E-state index contributed by atoms with van der Waals surface area (Å²) in [6, 6.07) is 13.7. The second-order valence-corrected chi connectivity index (χ2v) is 5.09. The molecule has 0 atom stereocenters. The number of Topliss-reactive ketones (excluding diaryl/α,β-unsaturated/α-hetero) is 1. The molecule has 0 saturated heterocycles. The van der Waals surface area contributed by atoms with Gasteiger partial charge >= 0.3 is 5.63 Å². The van der Waals surface area contributed by atoms with Crippen molar-refractivity contribution < 1.29 is 19.1 Å². The zero-order valence-corrected chi connectivity index (χ0v) is 12.4. The Balaban J connectivity index is 1.92. The molecule has 116 valence electrons. The van der Waals surface area contributed by atoms with E-state index < -0.39 is 17.0 Å². The number of hydrogen-bond donors (Lipinski definition) is 1. The first-order valence-corrected chi connectivity index (χ1v) is 7.04. The number of fused-ring (bicyclic) bond motifs is 1. The van der Waals surface area contributed by atoms with Crippen molar-refractivity contribution in [3.63, 3.8) is 0 Å². The smallest absolute Gasteiger partial charge is 0.351 e. The maximum atomic E-state index is 12.3. The fraction of sp³-hybridized carbons (Fsp3) is 0.111. The first-order chi connectivity index (χ1) is 11.1. The van der Waals surface area contributed by atoms with Crippen LogP contribution >= 0.6 is 0 Å². The molecule has 5 heteroatoms. The van der Waals surface area contributed by atoms with Crippen molar-refractivity contribution in [2.45, 2.75) is 6.92 Å².